The van der Waals surface area contributed by atoms with Gasteiger partial charge in [0.25, 0.3) is 5.91 Å². The highest BCUT2D eigenvalue weighted by atomic mass is 35.5. The van der Waals surface area contributed by atoms with Crippen LogP contribution in [-0.2, 0) is 48.8 Å². The van der Waals surface area contributed by atoms with Crippen LogP contribution in [0.1, 0.15) is 88.0 Å². The minimum Gasteiger partial charge on any atom is -0.448 e. The van der Waals surface area contributed by atoms with E-state index in [0.29, 0.717) is 42.6 Å². The lowest BCUT2D eigenvalue weighted by Crippen LogP contribution is -2.57. The van der Waals surface area contributed by atoms with Gasteiger partial charge in [-0.15, -0.1) is 0 Å². The summed E-state index contributed by atoms with van der Waals surface area (Å²) in [5.41, 5.74) is -0.336. The van der Waals surface area contributed by atoms with E-state index < -0.39 is 68.6 Å². The van der Waals surface area contributed by atoms with Gasteiger partial charge >= 0.3 is 6.09 Å². The van der Waals surface area contributed by atoms with E-state index in [1.54, 1.807) is 24.3 Å². The van der Waals surface area contributed by atoms with E-state index in [-0.39, 0.29) is 50.7 Å². The molecule has 1 aromatic carbocycles. The monoisotopic (exact) mass is 761 g/mol. The lowest BCUT2D eigenvalue weighted by molar-refractivity contribution is -0.141. The molecule has 3 N–H and O–H groups in total. The number of nitrogens with one attached hydrogen (secondary N) is 3. The van der Waals surface area contributed by atoms with E-state index >= 15 is 0 Å². The summed E-state index contributed by atoms with van der Waals surface area (Å²) in [6.45, 7) is 2.24. The molecule has 2 aromatic rings. The number of unbranched alkanes of at least 4 members (excludes halogenated alkanes) is 3. The molecule has 4 amide bonds. The van der Waals surface area contributed by atoms with Gasteiger partial charge in [-0.25, -0.2) is 17.6 Å². The summed E-state index contributed by atoms with van der Waals surface area (Å²) in [4.78, 5) is 57.6. The number of allylic oxidation sites excluding steroid dienone is 2. The Hall–Kier alpha value is -3.95. The zero-order valence-corrected chi connectivity index (χ0v) is 30.6. The van der Waals surface area contributed by atoms with Crippen molar-refractivity contribution in [2.24, 2.45) is 0 Å². The Labute approximate surface area is 307 Å². The van der Waals surface area contributed by atoms with Crippen LogP contribution in [-0.4, -0.2) is 77.6 Å². The normalized spacial score (nSPS) is 21.2. The summed E-state index contributed by atoms with van der Waals surface area (Å²) in [6, 6.07) is 6.08. The molecule has 2 aliphatic carbocycles. The number of nitrogens with zero attached hydrogens (tertiary/aromatic N) is 2. The van der Waals surface area contributed by atoms with Crippen LogP contribution in [0, 0.1) is 5.82 Å². The van der Waals surface area contributed by atoms with Gasteiger partial charge in [-0.1, -0.05) is 37.1 Å². The van der Waals surface area contributed by atoms with Gasteiger partial charge in [0.2, 0.25) is 21.8 Å². The van der Waals surface area contributed by atoms with Gasteiger partial charge in [0.1, 0.15) is 29.3 Å². The van der Waals surface area contributed by atoms with Crippen molar-refractivity contribution in [1.29, 1.82) is 0 Å². The first-order valence-electron chi connectivity index (χ1n) is 17.9. The number of halogens is 2. The Morgan fingerprint density at radius 1 is 1.12 bits per heavy atom. The van der Waals surface area contributed by atoms with Crippen LogP contribution >= 0.6 is 11.6 Å². The smallest absolute Gasteiger partial charge is 0.410 e. The van der Waals surface area contributed by atoms with Gasteiger partial charge in [-0.2, -0.15) is 0 Å². The summed E-state index contributed by atoms with van der Waals surface area (Å²) in [5, 5.41) is 5.57. The molecule has 1 saturated heterocycles. The van der Waals surface area contributed by atoms with Crippen molar-refractivity contribution in [1.82, 2.24) is 25.2 Å². The van der Waals surface area contributed by atoms with Crippen molar-refractivity contribution in [2.75, 3.05) is 6.54 Å². The number of hydrogen-bond donors (Lipinski definition) is 3. The average Bonchev–Trinajstić information content (AvgIpc) is 3.98. The number of rotatable bonds is 16. The molecule has 6 rings (SSSR count). The molecule has 3 fully saturated rings. The van der Waals surface area contributed by atoms with Crippen molar-refractivity contribution in [3.05, 3.63) is 70.4 Å². The maximum atomic E-state index is 14.4. The van der Waals surface area contributed by atoms with E-state index in [9.17, 15) is 32.0 Å². The van der Waals surface area contributed by atoms with Gasteiger partial charge in [0.15, 0.2) is 5.22 Å². The summed E-state index contributed by atoms with van der Waals surface area (Å²) >= 11 is 5.97. The number of likely N-dealkylation sites (tertiary alicyclic amines) is 1. The van der Waals surface area contributed by atoms with Gasteiger partial charge < -0.3 is 19.4 Å². The van der Waals surface area contributed by atoms with Crippen molar-refractivity contribution in [2.45, 2.75) is 120 Å². The van der Waals surface area contributed by atoms with Crippen LogP contribution in [0.4, 0.5) is 9.18 Å². The number of benzene rings is 1. The van der Waals surface area contributed by atoms with Gasteiger partial charge in [-0.3, -0.25) is 29.3 Å². The van der Waals surface area contributed by atoms with Crippen LogP contribution in [0.15, 0.2) is 46.9 Å². The molecule has 2 aliphatic heterocycles. The first-order chi connectivity index (χ1) is 24.9. The van der Waals surface area contributed by atoms with Crippen molar-refractivity contribution >= 4 is 45.4 Å². The second-order valence-electron chi connectivity index (χ2n) is 14.1. The number of fused-ring (bicyclic) bond motifs is 1. The zero-order valence-electron chi connectivity index (χ0n) is 29.1. The molecule has 3 heterocycles. The molecule has 3 atom stereocenters. The summed E-state index contributed by atoms with van der Waals surface area (Å²) in [5.74, 6) is -1.75. The molecule has 0 spiro atoms. The van der Waals surface area contributed by atoms with E-state index in [0.717, 1.165) is 19.3 Å². The summed E-state index contributed by atoms with van der Waals surface area (Å²) < 4.78 is 52.9. The quantitative estimate of drug-likeness (QED) is 0.166. The highest BCUT2D eigenvalue weighted by molar-refractivity contribution is 7.91. The van der Waals surface area contributed by atoms with Crippen LogP contribution in [0.5, 0.6) is 0 Å². The molecule has 2 saturated carbocycles. The highest BCUT2D eigenvalue weighted by Crippen LogP contribution is 2.38. The second kappa shape index (κ2) is 16.0. The first-order valence-corrected chi connectivity index (χ1v) is 19.8. The second-order valence-corrected chi connectivity index (χ2v) is 16.4. The number of hydrogen-bond acceptors (Lipinski definition) is 9. The van der Waals surface area contributed by atoms with Gasteiger partial charge in [-0.05, 0) is 87.2 Å². The third kappa shape index (κ3) is 8.97. The third-order valence-electron chi connectivity index (χ3n) is 10.1. The van der Waals surface area contributed by atoms with Gasteiger partial charge in [0.05, 0.1) is 30.9 Å². The SMILES string of the molecule is C/C=C\CCCCC[C@H](NCc1ccc(Cl)o1)C(=O)N1C[C@H](OC(=O)N2Cc3cccc(F)c3C2)C[C@H]1C(=O)NC1(C(=O)NS(=O)(=O)C2CC2)CC1. The standard InChI is InChI=1S/C36H45ClFN5O8S/c1-2-3-4-5-6-7-11-29(39-19-24-12-15-31(37)50-24)33(45)43-21-25(51-35(47)42-20-23-9-8-10-28(38)27(23)22-42)18-30(43)32(44)40-36(16-17-36)34(46)41-52(48,49)26-13-14-26/h2-3,8-10,12,15,25-26,29-30,39H,4-7,11,13-14,16-22H2,1H3,(H,40,44)(H,41,46)/b3-2-/t25-,29+,30+/m1/s1. The topological polar surface area (TPSA) is 167 Å². The largest absolute Gasteiger partial charge is 0.448 e. The van der Waals surface area contributed by atoms with Crippen LogP contribution in [0.2, 0.25) is 5.22 Å². The van der Waals surface area contributed by atoms with Crippen LogP contribution in [0.25, 0.3) is 0 Å². The molecular weight excluding hydrogens is 717 g/mol. The third-order valence-corrected chi connectivity index (χ3v) is 12.1. The molecule has 0 radical (unpaired) electrons. The number of sulfonamides is 1. The lowest BCUT2D eigenvalue weighted by Gasteiger charge is -2.29. The zero-order chi connectivity index (χ0) is 37.0. The number of amides is 4. The van der Waals surface area contributed by atoms with E-state index in [1.807, 2.05) is 13.0 Å². The predicted molar refractivity (Wildman–Crippen MR) is 188 cm³/mol. The van der Waals surface area contributed by atoms with Crippen LogP contribution < -0.4 is 15.4 Å². The Balaban J connectivity index is 1.18. The Morgan fingerprint density at radius 3 is 2.58 bits per heavy atom. The number of ether oxygens (including phenoxy) is 1. The highest BCUT2D eigenvalue weighted by Gasteiger charge is 2.55. The van der Waals surface area contributed by atoms with Crippen molar-refractivity contribution < 1.29 is 41.1 Å². The molecule has 0 bridgehead atoms. The number of carbonyl (C=O) groups excluding carboxylic acids is 4. The molecule has 13 nitrogen and oxygen atoms in total. The maximum Gasteiger partial charge on any atom is 0.410 e. The van der Waals surface area contributed by atoms with Crippen LogP contribution in [0.3, 0.4) is 0 Å². The Morgan fingerprint density at radius 2 is 1.90 bits per heavy atom. The molecule has 0 unspecified atom stereocenters. The summed E-state index contributed by atoms with van der Waals surface area (Å²) in [6.07, 6.45) is 7.73. The number of furan rings is 1. The summed E-state index contributed by atoms with van der Waals surface area (Å²) in [7, 11) is -3.85. The van der Waals surface area contributed by atoms with E-state index in [1.165, 1.54) is 15.9 Å². The first kappa shape index (κ1) is 37.8. The molecule has 16 heteroatoms. The van der Waals surface area contributed by atoms with Gasteiger partial charge in [0, 0.05) is 18.5 Å². The lowest BCUT2D eigenvalue weighted by atomic mass is 10.0. The average molecular weight is 762 g/mol. The minimum absolute atomic E-state index is 0.0261. The molecule has 52 heavy (non-hydrogen) atoms. The molecular formula is C36H45ClFN5O8S. The van der Waals surface area contributed by atoms with Crippen molar-refractivity contribution in [3.63, 3.8) is 0 Å². The van der Waals surface area contributed by atoms with Crippen molar-refractivity contribution in [3.8, 4) is 0 Å². The van der Waals surface area contributed by atoms with E-state index in [4.69, 9.17) is 20.8 Å². The number of carbonyl (C=O) groups is 4. The minimum atomic E-state index is -3.85. The van der Waals surface area contributed by atoms with E-state index in [2.05, 4.69) is 21.4 Å². The molecule has 4 aliphatic rings. The predicted octanol–water partition coefficient (Wildman–Crippen LogP) is 4.44. The molecule has 1 aromatic heterocycles. The Bertz CT molecular complexity index is 1810. The molecule has 282 valence electrons. The Kier molecular flexibility index (Phi) is 11.6. The maximum absolute atomic E-state index is 14.4. The fraction of sp³-hybridized carbons (Fsp3) is 0.556. The fourth-order valence-corrected chi connectivity index (χ4v) is 8.32. The fourth-order valence-electron chi connectivity index (χ4n) is 6.78.